The Hall–Kier alpha value is -2.14. The van der Waals surface area contributed by atoms with Crippen molar-refractivity contribution in [3.05, 3.63) is 54.6 Å². The number of hydrogen-bond donors (Lipinski definition) is 1. The predicted molar refractivity (Wildman–Crippen MR) is 106 cm³/mol. The lowest BCUT2D eigenvalue weighted by atomic mass is 10.3. The second kappa shape index (κ2) is 10.7. The Kier molecular flexibility index (Phi) is 8.19. The molecule has 4 nitrogen and oxygen atoms in total. The zero-order chi connectivity index (χ0) is 17.9. The molecule has 0 bridgehead atoms. The normalized spacial score (nSPS) is 10.3. The van der Waals surface area contributed by atoms with Crippen LogP contribution in [0.4, 0.5) is 5.69 Å². The van der Waals surface area contributed by atoms with E-state index in [1.165, 1.54) is 5.69 Å². The summed E-state index contributed by atoms with van der Waals surface area (Å²) in [5.41, 5.74) is 1.20. The molecule has 0 aliphatic rings. The summed E-state index contributed by atoms with van der Waals surface area (Å²) in [6, 6.07) is 18.2. The van der Waals surface area contributed by atoms with Gasteiger partial charge in [-0.3, -0.25) is 4.79 Å². The monoisotopic (exact) mass is 358 g/mol. The fourth-order valence-corrected chi connectivity index (χ4v) is 3.23. The van der Waals surface area contributed by atoms with E-state index in [0.717, 1.165) is 29.4 Å². The average Bonchev–Trinajstić information content (AvgIpc) is 2.66. The van der Waals surface area contributed by atoms with E-state index >= 15 is 0 Å². The summed E-state index contributed by atoms with van der Waals surface area (Å²) in [4.78, 5) is 15.2. The van der Waals surface area contributed by atoms with Crippen molar-refractivity contribution >= 4 is 23.4 Å². The molecule has 0 saturated carbocycles. The number of hydrogen-bond acceptors (Lipinski definition) is 4. The number of amides is 1. The molecule has 2 aromatic carbocycles. The lowest BCUT2D eigenvalue weighted by Crippen LogP contribution is -2.28. The van der Waals surface area contributed by atoms with Crippen molar-refractivity contribution in [1.29, 1.82) is 0 Å². The van der Waals surface area contributed by atoms with Gasteiger partial charge in [-0.1, -0.05) is 18.2 Å². The summed E-state index contributed by atoms with van der Waals surface area (Å²) in [6.07, 6.45) is 1.47. The van der Waals surface area contributed by atoms with E-state index in [4.69, 9.17) is 4.74 Å². The molecule has 0 spiro atoms. The van der Waals surface area contributed by atoms with Crippen molar-refractivity contribution in [2.45, 2.75) is 17.7 Å². The van der Waals surface area contributed by atoms with Crippen LogP contribution in [0, 0.1) is 0 Å². The van der Waals surface area contributed by atoms with Gasteiger partial charge in [-0.25, -0.2) is 0 Å². The highest BCUT2D eigenvalue weighted by Gasteiger charge is 2.03. The van der Waals surface area contributed by atoms with Crippen LogP contribution in [-0.2, 0) is 4.79 Å². The van der Waals surface area contributed by atoms with Crippen molar-refractivity contribution in [2.24, 2.45) is 0 Å². The highest BCUT2D eigenvalue weighted by Crippen LogP contribution is 2.21. The Bertz CT molecular complexity index is 632. The number of carbonyl (C=O) groups excluding carboxylic acids is 1. The van der Waals surface area contributed by atoms with Gasteiger partial charge in [-0.2, -0.15) is 0 Å². The van der Waals surface area contributed by atoms with Crippen LogP contribution in [0.25, 0.3) is 0 Å². The van der Waals surface area contributed by atoms with E-state index < -0.39 is 0 Å². The quantitative estimate of drug-likeness (QED) is 0.518. The third-order valence-electron chi connectivity index (χ3n) is 3.85. The first-order chi connectivity index (χ1) is 12.2. The first kappa shape index (κ1) is 19.2. The summed E-state index contributed by atoms with van der Waals surface area (Å²) >= 11 is 1.68. The van der Waals surface area contributed by atoms with Gasteiger partial charge in [0.1, 0.15) is 5.75 Å². The molecule has 2 rings (SSSR count). The summed E-state index contributed by atoms with van der Waals surface area (Å²) < 4.78 is 5.13. The third-order valence-corrected chi connectivity index (χ3v) is 4.86. The summed E-state index contributed by atoms with van der Waals surface area (Å²) in [5, 5.41) is 3.00. The number of benzene rings is 2. The Morgan fingerprint density at radius 3 is 2.52 bits per heavy atom. The van der Waals surface area contributed by atoms with Crippen LogP contribution >= 0.6 is 11.8 Å². The van der Waals surface area contributed by atoms with Gasteiger partial charge >= 0.3 is 0 Å². The smallest absolute Gasteiger partial charge is 0.220 e. The molecule has 25 heavy (non-hydrogen) atoms. The number of rotatable bonds is 10. The number of nitrogens with one attached hydrogen (secondary N) is 1. The van der Waals surface area contributed by atoms with Crippen LogP contribution in [0.3, 0.4) is 0 Å². The van der Waals surface area contributed by atoms with Crippen LogP contribution in [0.15, 0.2) is 59.5 Å². The fraction of sp³-hybridized carbons (Fsp3) is 0.350. The number of ether oxygens (including phenoxy) is 1. The minimum atomic E-state index is 0.114. The largest absolute Gasteiger partial charge is 0.497 e. The highest BCUT2D eigenvalue weighted by molar-refractivity contribution is 7.99. The Balaban J connectivity index is 1.56. The molecule has 0 radical (unpaired) electrons. The van der Waals surface area contributed by atoms with Crippen LogP contribution in [0.2, 0.25) is 0 Å². The van der Waals surface area contributed by atoms with Crippen LogP contribution in [0.1, 0.15) is 12.8 Å². The molecule has 5 heteroatoms. The molecule has 2 aromatic rings. The number of methoxy groups -OCH3 is 1. The Morgan fingerprint density at radius 1 is 1.12 bits per heavy atom. The number of thioether (sulfide) groups is 1. The molecule has 0 unspecified atom stereocenters. The molecule has 1 amide bonds. The van der Waals surface area contributed by atoms with E-state index in [9.17, 15) is 4.79 Å². The summed E-state index contributed by atoms with van der Waals surface area (Å²) in [7, 11) is 3.73. The molecule has 134 valence electrons. The topological polar surface area (TPSA) is 41.6 Å². The minimum Gasteiger partial charge on any atom is -0.497 e. The van der Waals surface area contributed by atoms with Gasteiger partial charge in [0.25, 0.3) is 0 Å². The predicted octanol–water partition coefficient (Wildman–Crippen LogP) is 3.82. The molecular weight excluding hydrogens is 332 g/mol. The van der Waals surface area contributed by atoms with Gasteiger partial charge in [0.15, 0.2) is 0 Å². The second-order valence-corrected chi connectivity index (χ2v) is 6.90. The second-order valence-electron chi connectivity index (χ2n) is 5.73. The maximum absolute atomic E-state index is 11.9. The van der Waals surface area contributed by atoms with Crippen LogP contribution in [-0.4, -0.2) is 38.9 Å². The molecule has 1 N–H and O–H groups in total. The van der Waals surface area contributed by atoms with E-state index in [1.54, 1.807) is 18.9 Å². The lowest BCUT2D eigenvalue weighted by molar-refractivity contribution is -0.120. The number of nitrogens with zero attached hydrogens (tertiary/aromatic N) is 1. The van der Waals surface area contributed by atoms with Crippen LogP contribution < -0.4 is 15.0 Å². The zero-order valence-corrected chi connectivity index (χ0v) is 15.7. The molecule has 0 aromatic heterocycles. The molecule has 0 heterocycles. The van der Waals surface area contributed by atoms with Crippen molar-refractivity contribution in [3.63, 3.8) is 0 Å². The van der Waals surface area contributed by atoms with Gasteiger partial charge in [0.05, 0.1) is 7.11 Å². The minimum absolute atomic E-state index is 0.114. The van der Waals surface area contributed by atoms with E-state index in [0.29, 0.717) is 13.0 Å². The lowest BCUT2D eigenvalue weighted by Gasteiger charge is -2.19. The van der Waals surface area contributed by atoms with Crippen molar-refractivity contribution in [1.82, 2.24) is 5.32 Å². The zero-order valence-electron chi connectivity index (χ0n) is 14.9. The number of carbonyl (C=O) groups is 1. The highest BCUT2D eigenvalue weighted by atomic mass is 32.2. The van der Waals surface area contributed by atoms with Gasteiger partial charge < -0.3 is 15.0 Å². The summed E-state index contributed by atoms with van der Waals surface area (Å²) in [5.74, 6) is 1.74. The standard InChI is InChI=1S/C20H26N2O2S/c1-22(17-7-4-3-5-8-17)15-6-14-21-20(23)13-16-25-19-11-9-18(24-2)10-12-19/h3-5,7-12H,6,13-16H2,1-2H3,(H,21,23). The van der Waals surface area contributed by atoms with Crippen molar-refractivity contribution in [3.8, 4) is 5.75 Å². The Morgan fingerprint density at radius 2 is 1.84 bits per heavy atom. The summed E-state index contributed by atoms with van der Waals surface area (Å²) in [6.45, 7) is 1.63. The van der Waals surface area contributed by atoms with Crippen molar-refractivity contribution in [2.75, 3.05) is 37.9 Å². The first-order valence-corrected chi connectivity index (χ1v) is 9.47. The number of para-hydroxylation sites is 1. The SMILES string of the molecule is COc1ccc(SCCC(=O)NCCCN(C)c2ccccc2)cc1. The third kappa shape index (κ3) is 7.10. The Labute approximate surface area is 154 Å². The molecule has 0 aliphatic carbocycles. The van der Waals surface area contributed by atoms with Crippen molar-refractivity contribution < 1.29 is 9.53 Å². The molecule has 0 saturated heterocycles. The van der Waals surface area contributed by atoms with E-state index in [2.05, 4.69) is 29.4 Å². The van der Waals surface area contributed by atoms with E-state index in [1.807, 2.05) is 42.5 Å². The maximum Gasteiger partial charge on any atom is 0.220 e. The van der Waals surface area contributed by atoms with E-state index in [-0.39, 0.29) is 5.91 Å². The van der Waals surface area contributed by atoms with Crippen LogP contribution in [0.5, 0.6) is 5.75 Å². The van der Waals surface area contributed by atoms with Gasteiger partial charge in [-0.15, -0.1) is 11.8 Å². The van der Waals surface area contributed by atoms with Gasteiger partial charge in [0.2, 0.25) is 5.91 Å². The molecular formula is C20H26N2O2S. The fourth-order valence-electron chi connectivity index (χ4n) is 2.38. The molecule has 0 fully saturated rings. The first-order valence-electron chi connectivity index (χ1n) is 8.49. The molecule has 0 atom stereocenters. The van der Waals surface area contributed by atoms with Gasteiger partial charge in [-0.05, 0) is 42.8 Å². The van der Waals surface area contributed by atoms with Gasteiger partial charge in [0, 0.05) is 42.9 Å². The maximum atomic E-state index is 11.9. The molecule has 0 aliphatic heterocycles. The number of anilines is 1. The average molecular weight is 359 g/mol.